The maximum absolute atomic E-state index is 5.57. The predicted molar refractivity (Wildman–Crippen MR) is 136 cm³/mol. The van der Waals surface area contributed by atoms with Gasteiger partial charge in [0.25, 0.3) is 0 Å². The number of aryl methyl sites for hydroxylation is 1. The molecule has 1 fully saturated rings. The highest BCUT2D eigenvalue weighted by molar-refractivity contribution is 6.13. The highest BCUT2D eigenvalue weighted by Gasteiger charge is 2.09. The summed E-state index contributed by atoms with van der Waals surface area (Å²) in [5.74, 6) is 1.52. The molecule has 2 aliphatic carbocycles. The molecule has 0 bridgehead atoms. The van der Waals surface area contributed by atoms with Crippen LogP contribution >= 0.6 is 0 Å². The highest BCUT2D eigenvalue weighted by atomic mass is 14.1. The normalized spacial score (nSPS) is 18.2. The number of rotatable bonds is 4. The third-order valence-corrected chi connectivity index (χ3v) is 4.71. The molecule has 1 aromatic carbocycles. The lowest BCUT2D eigenvalue weighted by Crippen LogP contribution is -1.99. The molecule has 29 heavy (non-hydrogen) atoms. The summed E-state index contributed by atoms with van der Waals surface area (Å²) < 4.78 is 0. The highest BCUT2D eigenvalue weighted by Crippen LogP contribution is 2.27. The molecular formula is C28H45B. The molecule has 0 N–H and O–H groups in total. The summed E-state index contributed by atoms with van der Waals surface area (Å²) in [5.41, 5.74) is 5.54. The second-order valence-corrected chi connectivity index (χ2v) is 8.31. The van der Waals surface area contributed by atoms with Crippen LogP contribution in [0.5, 0.6) is 0 Å². The first kappa shape index (κ1) is 27.5. The summed E-state index contributed by atoms with van der Waals surface area (Å²) in [6, 6.07) is 8.89. The molecule has 2 aliphatic rings. The van der Waals surface area contributed by atoms with Crippen molar-refractivity contribution in [2.75, 3.05) is 0 Å². The Morgan fingerprint density at radius 1 is 1.03 bits per heavy atom. The third kappa shape index (κ3) is 14.2. The Morgan fingerprint density at radius 2 is 1.59 bits per heavy atom. The quantitative estimate of drug-likeness (QED) is 0.448. The van der Waals surface area contributed by atoms with Gasteiger partial charge in [0, 0.05) is 0 Å². The van der Waals surface area contributed by atoms with E-state index in [0.717, 1.165) is 6.42 Å². The number of allylic oxidation sites excluding steroid dienone is 6. The van der Waals surface area contributed by atoms with Crippen LogP contribution in [0.4, 0.5) is 0 Å². The van der Waals surface area contributed by atoms with Crippen LogP contribution < -0.4 is 0 Å². The Hall–Kier alpha value is -1.50. The lowest BCUT2D eigenvalue weighted by atomic mass is 9.81. The van der Waals surface area contributed by atoms with E-state index in [-0.39, 0.29) is 5.82 Å². The summed E-state index contributed by atoms with van der Waals surface area (Å²) >= 11 is 0. The average molecular weight is 392 g/mol. The Kier molecular flexibility index (Phi) is 15.5. The molecule has 3 rings (SSSR count). The van der Waals surface area contributed by atoms with Crippen molar-refractivity contribution in [1.29, 1.82) is 0 Å². The minimum absolute atomic E-state index is 0.263. The van der Waals surface area contributed by atoms with Crippen molar-refractivity contribution in [3.8, 4) is 0 Å². The van der Waals surface area contributed by atoms with E-state index in [1.54, 1.807) is 0 Å². The molecule has 1 saturated carbocycles. The van der Waals surface area contributed by atoms with Gasteiger partial charge in [-0.1, -0.05) is 126 Å². The number of hydrogen-bond acceptors (Lipinski definition) is 0. The van der Waals surface area contributed by atoms with Crippen molar-refractivity contribution >= 4 is 13.4 Å². The van der Waals surface area contributed by atoms with E-state index < -0.39 is 0 Å². The van der Waals surface area contributed by atoms with Gasteiger partial charge >= 0.3 is 0 Å². The first-order valence-electron chi connectivity index (χ1n) is 11.7. The van der Waals surface area contributed by atoms with E-state index in [2.05, 4.69) is 84.0 Å². The fraction of sp³-hybridized carbons (Fsp3) is 0.571. The molecule has 0 saturated heterocycles. The minimum atomic E-state index is 0.263. The summed E-state index contributed by atoms with van der Waals surface area (Å²) in [4.78, 5) is 0. The minimum Gasteiger partial charge on any atom is -0.0895 e. The van der Waals surface area contributed by atoms with Crippen molar-refractivity contribution in [2.24, 2.45) is 11.8 Å². The smallest absolute Gasteiger partial charge is 0.0759 e. The molecule has 0 heterocycles. The van der Waals surface area contributed by atoms with E-state index >= 15 is 0 Å². The van der Waals surface area contributed by atoms with E-state index in [1.165, 1.54) is 48.0 Å². The summed E-state index contributed by atoms with van der Waals surface area (Å²) in [7, 11) is 5.57. The van der Waals surface area contributed by atoms with Crippen molar-refractivity contribution in [3.05, 3.63) is 65.3 Å². The number of benzene rings is 1. The van der Waals surface area contributed by atoms with E-state index in [0.29, 0.717) is 11.8 Å². The van der Waals surface area contributed by atoms with Crippen LogP contribution in [0.15, 0.2) is 54.1 Å². The maximum Gasteiger partial charge on any atom is 0.0759 e. The van der Waals surface area contributed by atoms with Gasteiger partial charge in [-0.2, -0.15) is 0 Å². The van der Waals surface area contributed by atoms with Crippen LogP contribution in [0.2, 0.25) is 5.82 Å². The van der Waals surface area contributed by atoms with Crippen LogP contribution in [0.3, 0.4) is 0 Å². The van der Waals surface area contributed by atoms with Gasteiger partial charge in [-0.05, 0) is 49.7 Å². The van der Waals surface area contributed by atoms with E-state index in [1.807, 2.05) is 19.9 Å². The third-order valence-electron chi connectivity index (χ3n) is 4.71. The maximum atomic E-state index is 5.57. The van der Waals surface area contributed by atoms with Crippen molar-refractivity contribution in [3.63, 3.8) is 0 Å². The van der Waals surface area contributed by atoms with Crippen LogP contribution in [-0.4, -0.2) is 7.85 Å². The molecule has 0 spiro atoms. The Labute approximate surface area is 184 Å². The van der Waals surface area contributed by atoms with E-state index in [9.17, 15) is 0 Å². The SMILES string of the molecule is C1CC1.CC.CCC(C)/C(=C\C(C)C)c1ccc(C)cc1.[B]C1C=CC(C)=CC1. The van der Waals surface area contributed by atoms with Gasteiger partial charge in [-0.3, -0.25) is 0 Å². The molecule has 2 radical (unpaired) electrons. The van der Waals surface area contributed by atoms with Crippen LogP contribution in [0.1, 0.15) is 91.7 Å². The van der Waals surface area contributed by atoms with Gasteiger partial charge in [0.05, 0.1) is 7.85 Å². The van der Waals surface area contributed by atoms with Gasteiger partial charge in [0.2, 0.25) is 0 Å². The van der Waals surface area contributed by atoms with Gasteiger partial charge in [-0.15, -0.1) is 0 Å². The van der Waals surface area contributed by atoms with Crippen LogP contribution in [0, 0.1) is 18.8 Å². The van der Waals surface area contributed by atoms with Crippen LogP contribution in [-0.2, 0) is 0 Å². The Balaban J connectivity index is 0.000000494. The summed E-state index contributed by atoms with van der Waals surface area (Å²) in [6.45, 7) is 17.3. The van der Waals surface area contributed by atoms with Crippen LogP contribution in [0.25, 0.3) is 5.57 Å². The Morgan fingerprint density at radius 3 is 1.93 bits per heavy atom. The second-order valence-electron chi connectivity index (χ2n) is 8.31. The second kappa shape index (κ2) is 16.3. The first-order chi connectivity index (χ1) is 13.8. The summed E-state index contributed by atoms with van der Waals surface area (Å²) in [5, 5.41) is 0. The molecule has 1 aromatic rings. The zero-order chi connectivity index (χ0) is 22.2. The lowest BCUT2D eigenvalue weighted by molar-refractivity contribution is 0.706. The fourth-order valence-electron chi connectivity index (χ4n) is 2.61. The molecule has 2 unspecified atom stereocenters. The molecule has 0 amide bonds. The molecular weight excluding hydrogens is 347 g/mol. The Bertz CT molecular complexity index is 611. The standard InChI is InChI=1S/C16H24.C7H9B.C3H6.C2H6/c1-6-14(5)16(11-12(2)3)15-9-7-13(4)8-10-15;1-6-2-4-7(8)5-3-6;1-2-3-1;1-2/h7-12,14H,6H2,1-5H3;2-4,7H,5H2,1H3;1-3H2;1-2H3/b16-11+;;;. The molecule has 2 atom stereocenters. The van der Waals surface area contributed by atoms with Gasteiger partial charge < -0.3 is 0 Å². The lowest BCUT2D eigenvalue weighted by Gasteiger charge is -2.16. The van der Waals surface area contributed by atoms with Crippen molar-refractivity contribution in [1.82, 2.24) is 0 Å². The van der Waals surface area contributed by atoms with Gasteiger partial charge in [0.1, 0.15) is 0 Å². The monoisotopic (exact) mass is 392 g/mol. The zero-order valence-electron chi connectivity index (χ0n) is 20.5. The summed E-state index contributed by atoms with van der Waals surface area (Å²) in [6.07, 6.45) is 15.4. The van der Waals surface area contributed by atoms with E-state index in [4.69, 9.17) is 7.85 Å². The predicted octanol–water partition coefficient (Wildman–Crippen LogP) is 9.13. The first-order valence-corrected chi connectivity index (χ1v) is 11.7. The average Bonchev–Trinajstić information content (AvgIpc) is 3.60. The van der Waals surface area contributed by atoms with Crippen molar-refractivity contribution < 1.29 is 0 Å². The number of hydrogen-bond donors (Lipinski definition) is 0. The topological polar surface area (TPSA) is 0 Å². The molecule has 0 aliphatic heterocycles. The van der Waals surface area contributed by atoms with Gasteiger partial charge in [0.15, 0.2) is 0 Å². The molecule has 0 aromatic heterocycles. The van der Waals surface area contributed by atoms with Crippen molar-refractivity contribution in [2.45, 2.75) is 93.3 Å². The van der Waals surface area contributed by atoms with Gasteiger partial charge in [-0.25, -0.2) is 0 Å². The molecule has 1 heteroatoms. The molecule has 0 nitrogen and oxygen atoms in total. The largest absolute Gasteiger partial charge is 0.0895 e. The molecule has 160 valence electrons. The fourth-order valence-corrected chi connectivity index (χ4v) is 2.61. The zero-order valence-corrected chi connectivity index (χ0v) is 20.5.